The van der Waals surface area contributed by atoms with Crippen molar-refractivity contribution in [1.29, 1.82) is 0 Å². The monoisotopic (exact) mass is 862 g/mol. The van der Waals surface area contributed by atoms with E-state index in [0.29, 0.717) is 30.3 Å². The van der Waals surface area contributed by atoms with Gasteiger partial charge >= 0.3 is 0 Å². The summed E-state index contributed by atoms with van der Waals surface area (Å²) in [6, 6.07) is 9.36. The Morgan fingerprint density at radius 1 is 0.534 bits per heavy atom. The average Bonchev–Trinajstić information content (AvgIpc) is 4.08. The van der Waals surface area contributed by atoms with Crippen molar-refractivity contribution in [3.05, 3.63) is 50.7 Å². The zero-order valence-electron chi connectivity index (χ0n) is 37.3. The maximum absolute atomic E-state index is 12.3. The average molecular weight is 863 g/mol. The third-order valence-electron chi connectivity index (χ3n) is 13.4. The predicted molar refractivity (Wildman–Crippen MR) is 257 cm³/mol. The Morgan fingerprint density at radius 2 is 0.983 bits per heavy atom. The molecule has 0 fully saturated rings. The first-order valence-corrected chi connectivity index (χ1v) is 26.6. The number of carbonyl (C=O) groups is 2. The summed E-state index contributed by atoms with van der Waals surface area (Å²) in [4.78, 5) is 34.1. The van der Waals surface area contributed by atoms with Crippen LogP contribution in [0, 0.1) is 23.7 Å². The molecule has 4 aromatic heterocycles. The van der Waals surface area contributed by atoms with Gasteiger partial charge in [0.1, 0.15) is 5.75 Å². The molecule has 3 nitrogen and oxygen atoms in total. The molecule has 0 N–H and O–H groups in total. The molecule has 7 heteroatoms. The van der Waals surface area contributed by atoms with E-state index in [1.807, 2.05) is 28.7 Å². The smallest absolute Gasteiger partial charge is 0.160 e. The maximum atomic E-state index is 12.3. The molecule has 0 aliphatic heterocycles. The summed E-state index contributed by atoms with van der Waals surface area (Å²) < 4.78 is 6.69. The van der Waals surface area contributed by atoms with E-state index in [1.165, 1.54) is 145 Å². The zero-order valence-corrected chi connectivity index (χ0v) is 40.5. The number of thiophene rings is 4. The minimum atomic E-state index is -0.0752. The molecule has 320 valence electrons. The minimum absolute atomic E-state index is 0.0752. The van der Waals surface area contributed by atoms with E-state index in [4.69, 9.17) is 4.74 Å². The van der Waals surface area contributed by atoms with Gasteiger partial charge in [0.25, 0.3) is 0 Å². The Kier molecular flexibility index (Phi) is 18.8. The second-order valence-corrected chi connectivity index (χ2v) is 21.7. The highest BCUT2D eigenvalue weighted by molar-refractivity contribution is 7.29. The second kappa shape index (κ2) is 23.2. The number of hydrogen-bond donors (Lipinski definition) is 0. The molecule has 4 atom stereocenters. The van der Waals surface area contributed by atoms with Crippen molar-refractivity contribution in [3.8, 4) is 35.0 Å². The first-order chi connectivity index (χ1) is 28.3. The lowest BCUT2D eigenvalue weighted by Gasteiger charge is -2.37. The summed E-state index contributed by atoms with van der Waals surface area (Å²) in [5, 5.41) is 0. The van der Waals surface area contributed by atoms with Crippen LogP contribution in [0.4, 0.5) is 0 Å². The summed E-state index contributed by atoms with van der Waals surface area (Å²) in [7, 11) is 0. The zero-order chi connectivity index (χ0) is 41.7. The molecule has 1 aliphatic rings. The topological polar surface area (TPSA) is 43.4 Å². The van der Waals surface area contributed by atoms with Gasteiger partial charge in [-0.25, -0.2) is 0 Å². The summed E-state index contributed by atoms with van der Waals surface area (Å²) in [5.74, 6) is 3.32. The fraction of sp³-hybridized carbons (Fsp3) is 0.647. The van der Waals surface area contributed by atoms with Gasteiger partial charge in [-0.05, 0) is 84.2 Å². The summed E-state index contributed by atoms with van der Waals surface area (Å²) >= 11 is 7.22. The molecule has 0 amide bonds. The van der Waals surface area contributed by atoms with E-state index in [9.17, 15) is 9.59 Å². The van der Waals surface area contributed by atoms with Crippen molar-refractivity contribution in [2.45, 2.75) is 183 Å². The van der Waals surface area contributed by atoms with Crippen LogP contribution in [-0.4, -0.2) is 19.2 Å². The first kappa shape index (κ1) is 47.0. The van der Waals surface area contributed by atoms with Crippen LogP contribution < -0.4 is 4.74 Å². The normalized spacial score (nSPS) is 16.9. The third kappa shape index (κ3) is 11.1. The van der Waals surface area contributed by atoms with E-state index in [0.717, 1.165) is 45.8 Å². The highest BCUT2D eigenvalue weighted by atomic mass is 32.1. The van der Waals surface area contributed by atoms with Gasteiger partial charge in [-0.1, -0.05) is 152 Å². The molecule has 0 bridgehead atoms. The van der Waals surface area contributed by atoms with Crippen molar-refractivity contribution < 1.29 is 14.3 Å². The largest absolute Gasteiger partial charge is 0.492 e. The van der Waals surface area contributed by atoms with Crippen molar-refractivity contribution in [3.63, 3.8) is 0 Å². The van der Waals surface area contributed by atoms with Crippen LogP contribution in [0.3, 0.4) is 0 Å². The summed E-state index contributed by atoms with van der Waals surface area (Å²) in [5.41, 5.74) is 4.36. The fourth-order valence-corrected chi connectivity index (χ4v) is 14.4. The van der Waals surface area contributed by atoms with Gasteiger partial charge in [0.2, 0.25) is 0 Å². The van der Waals surface area contributed by atoms with Crippen LogP contribution in [0.25, 0.3) is 29.3 Å². The molecule has 4 heterocycles. The van der Waals surface area contributed by atoms with Gasteiger partial charge < -0.3 is 4.74 Å². The van der Waals surface area contributed by atoms with Crippen molar-refractivity contribution in [1.82, 2.24) is 0 Å². The fourth-order valence-electron chi connectivity index (χ4n) is 9.55. The number of fused-ring (bicyclic) bond motifs is 3. The molecule has 4 unspecified atom stereocenters. The van der Waals surface area contributed by atoms with E-state index >= 15 is 0 Å². The number of hydrogen-bond acceptors (Lipinski definition) is 7. The minimum Gasteiger partial charge on any atom is -0.492 e. The van der Waals surface area contributed by atoms with Gasteiger partial charge in [-0.3, -0.25) is 9.59 Å². The molecule has 58 heavy (non-hydrogen) atoms. The number of unbranched alkanes of at least 4 members (excludes halogenated alkanes) is 4. The molecule has 0 saturated carbocycles. The van der Waals surface area contributed by atoms with Gasteiger partial charge in [0, 0.05) is 35.9 Å². The maximum Gasteiger partial charge on any atom is 0.160 e. The molecule has 5 rings (SSSR count). The van der Waals surface area contributed by atoms with Gasteiger partial charge in [0.15, 0.2) is 12.6 Å². The van der Waals surface area contributed by atoms with Crippen LogP contribution in [0.1, 0.15) is 207 Å². The highest BCUT2D eigenvalue weighted by Crippen LogP contribution is 2.64. The van der Waals surface area contributed by atoms with Crippen molar-refractivity contribution >= 4 is 57.9 Å². The van der Waals surface area contributed by atoms with Gasteiger partial charge in [0.05, 0.1) is 21.2 Å². The summed E-state index contributed by atoms with van der Waals surface area (Å²) in [6.45, 7) is 19.3. The quantitative estimate of drug-likeness (QED) is 0.0511. The van der Waals surface area contributed by atoms with E-state index < -0.39 is 0 Å². The number of carbonyl (C=O) groups excluding carboxylic acids is 2. The van der Waals surface area contributed by atoms with Crippen LogP contribution in [0.15, 0.2) is 24.3 Å². The van der Waals surface area contributed by atoms with Crippen LogP contribution in [0.5, 0.6) is 5.75 Å². The van der Waals surface area contributed by atoms with Gasteiger partial charge in [-0.2, -0.15) is 0 Å². The number of rotatable bonds is 29. The Morgan fingerprint density at radius 3 is 1.47 bits per heavy atom. The van der Waals surface area contributed by atoms with Crippen LogP contribution in [-0.2, 0) is 11.8 Å². The van der Waals surface area contributed by atoms with Crippen molar-refractivity contribution in [2.75, 3.05) is 6.61 Å². The van der Waals surface area contributed by atoms with Crippen LogP contribution in [0.2, 0.25) is 0 Å². The third-order valence-corrected chi connectivity index (χ3v) is 18.3. The lowest BCUT2D eigenvalue weighted by molar-refractivity contribution is 0.111. The van der Waals surface area contributed by atoms with E-state index in [-0.39, 0.29) is 5.41 Å². The van der Waals surface area contributed by atoms with E-state index in [2.05, 4.69) is 73.6 Å². The predicted octanol–water partition coefficient (Wildman–Crippen LogP) is 17.7. The molecule has 0 aromatic carbocycles. The molecule has 0 radical (unpaired) electrons. The molecule has 0 saturated heterocycles. The van der Waals surface area contributed by atoms with Gasteiger partial charge in [-0.15, -0.1) is 45.3 Å². The highest BCUT2D eigenvalue weighted by Gasteiger charge is 2.48. The Labute approximate surface area is 368 Å². The Balaban J connectivity index is 1.70. The standard InChI is InChI=1S/C51H74O3S4/c1-9-17-21-35(13-5)25-39-26-40(32-52)55-47(39)45-28-42-48(57-45)49-43(51(42,30-36(14-6)22-18-10-2)31-37(15-7)23-19-11-3)29-46(58-49)50-44(27-41(33-53)56-50)54-34-38(16-8)24-20-12-4/h26-29,32-33,35-38H,9-25,30-31,34H2,1-8H3. The molecule has 0 spiro atoms. The molecular weight excluding hydrogens is 789 g/mol. The SMILES string of the molecule is CCCCC(CC)COc1cc(C=O)sc1-c1cc2c(s1)-c1sc(-c3sc(C=O)cc3CC(CC)CCCC)cc1C2(CC(CC)CCCC)CC(CC)CCCC. The summed E-state index contributed by atoms with van der Waals surface area (Å²) in [6.07, 6.45) is 25.0. The second-order valence-electron chi connectivity index (χ2n) is 17.5. The Bertz CT molecular complexity index is 1840. The van der Waals surface area contributed by atoms with E-state index in [1.54, 1.807) is 28.2 Å². The molecule has 4 aromatic rings. The lowest BCUT2D eigenvalue weighted by atomic mass is 9.65. The molecule has 1 aliphatic carbocycles. The van der Waals surface area contributed by atoms with Crippen molar-refractivity contribution in [2.24, 2.45) is 23.7 Å². The number of aldehydes is 2. The first-order valence-electron chi connectivity index (χ1n) is 23.4. The molecular formula is C51H74O3S4. The Hall–Kier alpha value is -2.06. The van der Waals surface area contributed by atoms with Crippen LogP contribution >= 0.6 is 45.3 Å². The lowest BCUT2D eigenvalue weighted by Crippen LogP contribution is -2.31. The number of ether oxygens (including phenoxy) is 1.